The van der Waals surface area contributed by atoms with E-state index in [9.17, 15) is 19.5 Å². The van der Waals surface area contributed by atoms with Crippen molar-refractivity contribution in [2.24, 2.45) is 5.92 Å². The van der Waals surface area contributed by atoms with E-state index in [-0.39, 0.29) is 37.1 Å². The second-order valence-corrected chi connectivity index (χ2v) is 7.56. The van der Waals surface area contributed by atoms with Crippen LogP contribution in [0.25, 0.3) is 0 Å². The second-order valence-electron chi connectivity index (χ2n) is 7.56. The Morgan fingerprint density at radius 3 is 2.04 bits per heavy atom. The molecule has 6 nitrogen and oxygen atoms in total. The highest BCUT2D eigenvalue weighted by molar-refractivity contribution is 5.85. The van der Waals surface area contributed by atoms with Gasteiger partial charge in [0.1, 0.15) is 0 Å². The van der Waals surface area contributed by atoms with Crippen molar-refractivity contribution in [2.75, 3.05) is 26.2 Å². The number of carbonyl (C=O) groups excluding carboxylic acids is 2. The van der Waals surface area contributed by atoms with Crippen LogP contribution in [-0.4, -0.2) is 58.9 Å². The zero-order valence-corrected chi connectivity index (χ0v) is 15.7. The van der Waals surface area contributed by atoms with Gasteiger partial charge in [-0.2, -0.15) is 0 Å². The molecule has 2 aliphatic rings. The van der Waals surface area contributed by atoms with Gasteiger partial charge in [-0.25, -0.2) is 0 Å². The van der Waals surface area contributed by atoms with Gasteiger partial charge in [0.05, 0.1) is 5.92 Å². The number of likely N-dealkylation sites (tertiary alicyclic amines) is 2. The van der Waals surface area contributed by atoms with E-state index in [1.165, 1.54) is 0 Å². The van der Waals surface area contributed by atoms with Crippen molar-refractivity contribution in [1.82, 2.24) is 9.80 Å². The van der Waals surface area contributed by atoms with Gasteiger partial charge in [0, 0.05) is 44.9 Å². The molecule has 0 aromatic heterocycles. The third kappa shape index (κ3) is 4.87. The number of rotatable bonds is 5. The SMILES string of the molecule is O=C(O)[C@@H]1CN(C(=O)CCC(=O)N2CCCCCC2)C[C@H]1c1ccccc1. The number of carbonyl (C=O) groups is 3. The van der Waals surface area contributed by atoms with Crippen LogP contribution in [0.5, 0.6) is 0 Å². The predicted octanol–water partition coefficient (Wildman–Crippen LogP) is 2.50. The summed E-state index contributed by atoms with van der Waals surface area (Å²) in [7, 11) is 0. The van der Waals surface area contributed by atoms with Gasteiger partial charge in [0.25, 0.3) is 0 Å². The van der Waals surface area contributed by atoms with Crippen LogP contribution in [0.2, 0.25) is 0 Å². The molecule has 0 aliphatic carbocycles. The quantitative estimate of drug-likeness (QED) is 0.861. The lowest BCUT2D eigenvalue weighted by atomic mass is 9.89. The Hall–Kier alpha value is -2.37. The summed E-state index contributed by atoms with van der Waals surface area (Å²) in [6.45, 7) is 2.19. The van der Waals surface area contributed by atoms with Crippen LogP contribution >= 0.6 is 0 Å². The summed E-state index contributed by atoms with van der Waals surface area (Å²) < 4.78 is 0. The van der Waals surface area contributed by atoms with Crippen molar-refractivity contribution in [2.45, 2.75) is 44.4 Å². The van der Waals surface area contributed by atoms with Crippen molar-refractivity contribution in [3.05, 3.63) is 35.9 Å². The molecular formula is C21H28N2O4. The number of amides is 2. The summed E-state index contributed by atoms with van der Waals surface area (Å²) in [6.07, 6.45) is 4.75. The number of aliphatic carboxylic acids is 1. The first-order valence-corrected chi connectivity index (χ1v) is 9.89. The molecule has 2 aliphatic heterocycles. The maximum Gasteiger partial charge on any atom is 0.308 e. The smallest absolute Gasteiger partial charge is 0.308 e. The Kier molecular flexibility index (Phi) is 6.48. The van der Waals surface area contributed by atoms with E-state index >= 15 is 0 Å². The lowest BCUT2D eigenvalue weighted by Crippen LogP contribution is -2.34. The molecule has 6 heteroatoms. The van der Waals surface area contributed by atoms with E-state index in [4.69, 9.17) is 0 Å². The standard InChI is InChI=1S/C21H28N2O4/c24-19(22-12-6-1-2-7-13-22)10-11-20(25)23-14-17(18(15-23)21(26)27)16-8-4-3-5-9-16/h3-5,8-9,17-18H,1-2,6-7,10-15H2,(H,26,27)/t17-,18+/m0/s1. The molecule has 0 bridgehead atoms. The topological polar surface area (TPSA) is 77.9 Å². The number of benzene rings is 1. The largest absolute Gasteiger partial charge is 0.481 e. The summed E-state index contributed by atoms with van der Waals surface area (Å²) in [5, 5.41) is 9.56. The minimum absolute atomic E-state index is 0.0406. The number of carboxylic acids is 1. The zero-order chi connectivity index (χ0) is 19.2. The van der Waals surface area contributed by atoms with Crippen LogP contribution in [-0.2, 0) is 14.4 Å². The molecule has 0 radical (unpaired) electrons. The fourth-order valence-corrected chi connectivity index (χ4v) is 4.15. The molecule has 2 atom stereocenters. The lowest BCUT2D eigenvalue weighted by molar-refractivity contribution is -0.142. The number of nitrogens with zero attached hydrogens (tertiary/aromatic N) is 2. The molecular weight excluding hydrogens is 344 g/mol. The molecule has 2 saturated heterocycles. The van der Waals surface area contributed by atoms with Crippen molar-refractivity contribution < 1.29 is 19.5 Å². The number of hydrogen-bond acceptors (Lipinski definition) is 3. The van der Waals surface area contributed by atoms with Gasteiger partial charge >= 0.3 is 5.97 Å². The van der Waals surface area contributed by atoms with Gasteiger partial charge in [0.2, 0.25) is 11.8 Å². The maximum atomic E-state index is 12.6. The van der Waals surface area contributed by atoms with E-state index in [0.29, 0.717) is 6.54 Å². The van der Waals surface area contributed by atoms with E-state index in [1.54, 1.807) is 4.90 Å². The molecule has 0 spiro atoms. The fraction of sp³-hybridized carbons (Fsp3) is 0.571. The monoisotopic (exact) mass is 372 g/mol. The minimum atomic E-state index is -0.875. The summed E-state index contributed by atoms with van der Waals surface area (Å²) in [5.41, 5.74) is 0.945. The van der Waals surface area contributed by atoms with E-state index < -0.39 is 11.9 Å². The predicted molar refractivity (Wildman–Crippen MR) is 101 cm³/mol. The van der Waals surface area contributed by atoms with Gasteiger partial charge < -0.3 is 14.9 Å². The first-order chi connectivity index (χ1) is 13.1. The third-order valence-electron chi connectivity index (χ3n) is 5.73. The van der Waals surface area contributed by atoms with E-state index in [0.717, 1.165) is 44.3 Å². The molecule has 3 rings (SSSR count). The zero-order valence-electron chi connectivity index (χ0n) is 15.7. The summed E-state index contributed by atoms with van der Waals surface area (Å²) in [5.74, 6) is -1.76. The minimum Gasteiger partial charge on any atom is -0.481 e. The summed E-state index contributed by atoms with van der Waals surface area (Å²) in [4.78, 5) is 40.1. The molecule has 2 fully saturated rings. The highest BCUT2D eigenvalue weighted by atomic mass is 16.4. The molecule has 1 N–H and O–H groups in total. The van der Waals surface area contributed by atoms with E-state index in [1.807, 2.05) is 35.2 Å². The fourth-order valence-electron chi connectivity index (χ4n) is 4.15. The number of hydrogen-bond donors (Lipinski definition) is 1. The van der Waals surface area contributed by atoms with Crippen LogP contribution in [0.3, 0.4) is 0 Å². The van der Waals surface area contributed by atoms with Crippen LogP contribution in [0, 0.1) is 5.92 Å². The highest BCUT2D eigenvalue weighted by Gasteiger charge is 2.40. The van der Waals surface area contributed by atoms with Gasteiger partial charge in [-0.05, 0) is 18.4 Å². The van der Waals surface area contributed by atoms with Gasteiger partial charge in [-0.15, -0.1) is 0 Å². The molecule has 1 aromatic rings. The van der Waals surface area contributed by atoms with Crippen molar-refractivity contribution >= 4 is 17.8 Å². The maximum absolute atomic E-state index is 12.6. The molecule has 146 valence electrons. The third-order valence-corrected chi connectivity index (χ3v) is 5.73. The molecule has 27 heavy (non-hydrogen) atoms. The highest BCUT2D eigenvalue weighted by Crippen LogP contribution is 2.33. The van der Waals surface area contributed by atoms with Gasteiger partial charge in [-0.1, -0.05) is 43.2 Å². The normalized spacial score (nSPS) is 23.1. The van der Waals surface area contributed by atoms with Crippen molar-refractivity contribution in [3.8, 4) is 0 Å². The van der Waals surface area contributed by atoms with Crippen molar-refractivity contribution in [3.63, 3.8) is 0 Å². The van der Waals surface area contributed by atoms with Gasteiger partial charge in [-0.3, -0.25) is 14.4 Å². The van der Waals surface area contributed by atoms with Crippen LogP contribution in [0.4, 0.5) is 0 Å². The van der Waals surface area contributed by atoms with Crippen molar-refractivity contribution in [1.29, 1.82) is 0 Å². The van der Waals surface area contributed by atoms with Gasteiger partial charge in [0.15, 0.2) is 0 Å². The average molecular weight is 372 g/mol. The lowest BCUT2D eigenvalue weighted by Gasteiger charge is -2.21. The Bertz CT molecular complexity index is 668. The van der Waals surface area contributed by atoms with Crippen LogP contribution in [0.1, 0.15) is 50.0 Å². The average Bonchev–Trinajstić information content (AvgIpc) is 2.95. The Balaban J connectivity index is 1.57. The first kappa shape index (κ1) is 19.4. The Morgan fingerprint density at radius 2 is 1.44 bits per heavy atom. The molecule has 2 amide bonds. The Morgan fingerprint density at radius 1 is 0.852 bits per heavy atom. The first-order valence-electron chi connectivity index (χ1n) is 9.89. The second kappa shape index (κ2) is 9.02. The van der Waals surface area contributed by atoms with Crippen LogP contribution in [0.15, 0.2) is 30.3 Å². The number of carboxylic acid groups (broad SMARTS) is 1. The Labute approximate surface area is 160 Å². The summed E-state index contributed by atoms with van der Waals surface area (Å²) in [6, 6.07) is 9.50. The van der Waals surface area contributed by atoms with Crippen LogP contribution < -0.4 is 0 Å². The molecule has 1 aromatic carbocycles. The molecule has 0 saturated carbocycles. The van der Waals surface area contributed by atoms with E-state index in [2.05, 4.69) is 0 Å². The summed E-state index contributed by atoms with van der Waals surface area (Å²) >= 11 is 0. The molecule has 0 unspecified atom stereocenters. The molecule has 2 heterocycles.